The number of aliphatic imine (C=N–C) groups is 1. The molecule has 286 valence electrons. The molecular formula is C43H49N7O5. The van der Waals surface area contributed by atoms with Gasteiger partial charge in [0.15, 0.2) is 0 Å². The molecule has 2 aliphatic heterocycles. The molecule has 0 aliphatic carbocycles. The molecule has 0 spiro atoms. The molecule has 1 atom stereocenters. The highest BCUT2D eigenvalue weighted by Gasteiger charge is 2.31. The molecule has 0 aromatic heterocycles. The lowest BCUT2D eigenvalue weighted by molar-refractivity contribution is -0.122. The van der Waals surface area contributed by atoms with Crippen LogP contribution in [-0.4, -0.2) is 80.4 Å². The van der Waals surface area contributed by atoms with Crippen LogP contribution >= 0.6 is 0 Å². The number of carbonyl (C=O) groups excluding carboxylic acids is 4. The van der Waals surface area contributed by atoms with Gasteiger partial charge in [0, 0.05) is 49.9 Å². The van der Waals surface area contributed by atoms with Crippen molar-refractivity contribution < 1.29 is 23.9 Å². The fourth-order valence-electron chi connectivity index (χ4n) is 6.69. The third kappa shape index (κ3) is 11.2. The van der Waals surface area contributed by atoms with E-state index in [2.05, 4.69) is 38.3 Å². The summed E-state index contributed by atoms with van der Waals surface area (Å²) in [6, 6.07) is 31.5. The number of amides is 5. The van der Waals surface area contributed by atoms with Crippen molar-refractivity contribution in [2.24, 2.45) is 4.99 Å². The molecule has 2 aliphatic rings. The van der Waals surface area contributed by atoms with Crippen molar-refractivity contribution in [3.63, 3.8) is 0 Å². The number of likely N-dealkylation sites (N-methyl/N-ethyl adjacent to an activating group) is 1. The van der Waals surface area contributed by atoms with E-state index < -0.39 is 12.2 Å². The lowest BCUT2D eigenvalue weighted by Crippen LogP contribution is -2.47. The van der Waals surface area contributed by atoms with E-state index >= 15 is 0 Å². The Hall–Kier alpha value is -6.01. The maximum atomic E-state index is 13.4. The van der Waals surface area contributed by atoms with Gasteiger partial charge in [0.2, 0.25) is 18.0 Å². The Kier molecular flexibility index (Phi) is 13.6. The molecule has 12 heteroatoms. The Morgan fingerprint density at radius 1 is 0.800 bits per heavy atom. The highest BCUT2D eigenvalue weighted by molar-refractivity contribution is 6.20. The number of nitrogens with one attached hydrogen (secondary N) is 4. The van der Waals surface area contributed by atoms with Gasteiger partial charge in [-0.2, -0.15) is 0 Å². The molecule has 12 nitrogen and oxygen atoms in total. The molecule has 6 rings (SSSR count). The lowest BCUT2D eigenvalue weighted by atomic mass is 10.0. The summed E-state index contributed by atoms with van der Waals surface area (Å²) in [7, 11) is 1.66. The van der Waals surface area contributed by atoms with Gasteiger partial charge in [0.1, 0.15) is 5.75 Å². The Balaban J connectivity index is 0.886. The number of hydrogen-bond acceptors (Lipinski definition) is 7. The second-order valence-corrected chi connectivity index (χ2v) is 13.8. The van der Waals surface area contributed by atoms with E-state index in [0.29, 0.717) is 36.7 Å². The number of hydrogen-bond donors (Lipinski definition) is 4. The monoisotopic (exact) mass is 743 g/mol. The molecule has 55 heavy (non-hydrogen) atoms. The first-order chi connectivity index (χ1) is 26.8. The average molecular weight is 744 g/mol. The fourth-order valence-corrected chi connectivity index (χ4v) is 6.69. The van der Waals surface area contributed by atoms with Crippen LogP contribution in [0.4, 0.5) is 16.2 Å². The molecule has 1 fully saturated rings. The molecule has 0 unspecified atom stereocenters. The SMILES string of the molecule is CN1C(=O)[C@H](NC(=O)Nc2ccc(CC(=O)NCCC(=O)NCCCOc3cccc(CN4CCCCC4)c3)cc2)N=C(c2ccccc2)c2ccccc21. The summed E-state index contributed by atoms with van der Waals surface area (Å²) in [6.07, 6.45) is 3.66. The molecule has 0 saturated carbocycles. The van der Waals surface area contributed by atoms with Gasteiger partial charge in [-0.1, -0.05) is 79.2 Å². The normalized spacial score (nSPS) is 15.6. The van der Waals surface area contributed by atoms with Crippen molar-refractivity contribution in [2.75, 3.05) is 50.1 Å². The number of rotatable bonds is 15. The number of nitrogens with zero attached hydrogens (tertiary/aromatic N) is 3. The number of likely N-dealkylation sites (tertiary alicyclic amines) is 1. The highest BCUT2D eigenvalue weighted by Crippen LogP contribution is 2.27. The maximum Gasteiger partial charge on any atom is 0.321 e. The fraction of sp³-hybridized carbons (Fsp3) is 0.326. The van der Waals surface area contributed by atoms with Gasteiger partial charge in [-0.3, -0.25) is 19.3 Å². The lowest BCUT2D eigenvalue weighted by Gasteiger charge is -2.26. The number of urea groups is 1. The zero-order chi connectivity index (χ0) is 38.4. The van der Waals surface area contributed by atoms with Crippen LogP contribution in [0.3, 0.4) is 0 Å². The highest BCUT2D eigenvalue weighted by atomic mass is 16.5. The van der Waals surface area contributed by atoms with E-state index in [4.69, 9.17) is 9.73 Å². The summed E-state index contributed by atoms with van der Waals surface area (Å²) in [4.78, 5) is 60.0. The van der Waals surface area contributed by atoms with Crippen molar-refractivity contribution in [2.45, 2.75) is 51.2 Å². The second kappa shape index (κ2) is 19.4. The first-order valence-electron chi connectivity index (χ1n) is 19.0. The van der Waals surface area contributed by atoms with Crippen molar-refractivity contribution in [1.82, 2.24) is 20.9 Å². The minimum Gasteiger partial charge on any atom is -0.494 e. The molecule has 4 aromatic rings. The number of fused-ring (bicyclic) bond motifs is 1. The Labute approximate surface area is 322 Å². The largest absolute Gasteiger partial charge is 0.494 e. The Morgan fingerprint density at radius 2 is 1.55 bits per heavy atom. The van der Waals surface area contributed by atoms with E-state index in [1.807, 2.05) is 66.7 Å². The zero-order valence-electron chi connectivity index (χ0n) is 31.3. The molecule has 1 saturated heterocycles. The van der Waals surface area contributed by atoms with Crippen molar-refractivity contribution in [3.8, 4) is 5.75 Å². The quantitative estimate of drug-likeness (QED) is 0.122. The average Bonchev–Trinajstić information content (AvgIpc) is 3.30. The van der Waals surface area contributed by atoms with E-state index in [1.54, 1.807) is 31.3 Å². The number of para-hydroxylation sites is 1. The first kappa shape index (κ1) is 38.7. The molecule has 4 aromatic carbocycles. The summed E-state index contributed by atoms with van der Waals surface area (Å²) in [5, 5.41) is 11.1. The summed E-state index contributed by atoms with van der Waals surface area (Å²) in [6.45, 7) is 4.46. The predicted molar refractivity (Wildman–Crippen MR) is 214 cm³/mol. The molecular weight excluding hydrogens is 695 g/mol. The van der Waals surface area contributed by atoms with Crippen molar-refractivity contribution >= 4 is 40.8 Å². The summed E-state index contributed by atoms with van der Waals surface area (Å²) in [5.41, 5.74) is 5.38. The standard InChI is InChI=1S/C43H49N7O5/c1-49-37-17-7-6-16-36(37)40(33-13-4-2-5-14-33)47-41(42(49)53)48-43(54)46-34-20-18-31(19-21-34)29-39(52)45-24-22-38(51)44-23-11-27-55-35-15-10-12-32(28-35)30-50-25-8-3-9-26-50/h2,4-7,10,12-21,28,41H,3,8-9,11,22-27,29-30H2,1H3,(H,44,51)(H,45,52)(H2,46,48,54)/t41-/m0/s1. The summed E-state index contributed by atoms with van der Waals surface area (Å²) >= 11 is 0. The van der Waals surface area contributed by atoms with Gasteiger partial charge < -0.3 is 30.9 Å². The van der Waals surface area contributed by atoms with Crippen LogP contribution in [-0.2, 0) is 27.3 Å². The van der Waals surface area contributed by atoms with Crippen LogP contribution in [0.5, 0.6) is 5.75 Å². The van der Waals surface area contributed by atoms with Crippen molar-refractivity contribution in [1.29, 1.82) is 0 Å². The number of benzodiazepines with no additional fused rings is 1. The maximum absolute atomic E-state index is 13.4. The Morgan fingerprint density at radius 3 is 2.35 bits per heavy atom. The number of carbonyl (C=O) groups is 4. The third-order valence-corrected chi connectivity index (χ3v) is 9.57. The van der Waals surface area contributed by atoms with Gasteiger partial charge in [0.05, 0.1) is 24.4 Å². The molecule has 0 bridgehead atoms. The zero-order valence-corrected chi connectivity index (χ0v) is 31.3. The minimum absolute atomic E-state index is 0.116. The smallest absolute Gasteiger partial charge is 0.321 e. The third-order valence-electron chi connectivity index (χ3n) is 9.57. The van der Waals surface area contributed by atoms with Crippen LogP contribution in [0, 0.1) is 0 Å². The molecule has 5 amide bonds. The van der Waals surface area contributed by atoms with Crippen LogP contribution in [0.25, 0.3) is 0 Å². The number of benzene rings is 4. The first-order valence-corrected chi connectivity index (χ1v) is 19.0. The van der Waals surface area contributed by atoms with E-state index in [1.165, 1.54) is 29.7 Å². The Bertz CT molecular complexity index is 1960. The second-order valence-electron chi connectivity index (χ2n) is 13.8. The van der Waals surface area contributed by atoms with Crippen LogP contribution in [0.2, 0.25) is 0 Å². The number of anilines is 2. The van der Waals surface area contributed by atoms with E-state index in [-0.39, 0.29) is 37.1 Å². The van der Waals surface area contributed by atoms with Gasteiger partial charge in [0.25, 0.3) is 5.91 Å². The van der Waals surface area contributed by atoms with E-state index in [0.717, 1.165) is 42.1 Å². The molecule has 0 radical (unpaired) electrons. The van der Waals surface area contributed by atoms with Crippen molar-refractivity contribution in [3.05, 3.63) is 125 Å². The molecule has 2 heterocycles. The number of piperidine rings is 1. The van der Waals surface area contributed by atoms with Crippen LogP contribution in [0.15, 0.2) is 108 Å². The van der Waals surface area contributed by atoms with Gasteiger partial charge in [-0.05, 0) is 73.8 Å². The molecule has 4 N–H and O–H groups in total. The van der Waals surface area contributed by atoms with Gasteiger partial charge in [-0.25, -0.2) is 9.79 Å². The predicted octanol–water partition coefficient (Wildman–Crippen LogP) is 5.27. The van der Waals surface area contributed by atoms with Crippen LogP contribution in [0.1, 0.15) is 54.4 Å². The minimum atomic E-state index is -1.16. The topological polar surface area (TPSA) is 144 Å². The van der Waals surface area contributed by atoms with Crippen LogP contribution < -0.4 is 30.9 Å². The summed E-state index contributed by atoms with van der Waals surface area (Å²) < 4.78 is 5.91. The van der Waals surface area contributed by atoms with Gasteiger partial charge >= 0.3 is 6.03 Å². The van der Waals surface area contributed by atoms with Gasteiger partial charge in [-0.15, -0.1) is 0 Å². The number of ether oxygens (including phenoxy) is 1. The van der Waals surface area contributed by atoms with E-state index in [9.17, 15) is 19.2 Å². The summed E-state index contributed by atoms with van der Waals surface area (Å²) in [5.74, 6) is 0.112.